The molecule has 0 heterocycles. The van der Waals surface area contributed by atoms with E-state index in [0.717, 1.165) is 6.04 Å². The molecule has 1 unspecified atom stereocenters. The largest absolute Gasteiger partial charge is 0.311 e. The van der Waals surface area contributed by atoms with E-state index in [1.807, 2.05) is 0 Å². The Bertz CT molecular complexity index is 352. The van der Waals surface area contributed by atoms with E-state index in [4.69, 9.17) is 0 Å². The molecule has 1 aliphatic carbocycles. The maximum atomic E-state index is 3.90. The predicted octanol–water partition coefficient (Wildman–Crippen LogP) is 4.10. The standard InChI is InChI=1S/C17H27N/c1-3-7-16(8-4-2)18-17-12-11-14-9-5-6-10-15(14)13-17/h5-6,9-10,16-18H,3-4,7-8,11-13H2,1-2H3. The normalized spacial score (nSPS) is 18.9. The van der Waals surface area contributed by atoms with Gasteiger partial charge in [0, 0.05) is 12.1 Å². The lowest BCUT2D eigenvalue weighted by Crippen LogP contribution is -2.41. The van der Waals surface area contributed by atoms with Crippen molar-refractivity contribution in [2.45, 2.75) is 70.9 Å². The Hall–Kier alpha value is -0.820. The van der Waals surface area contributed by atoms with Crippen molar-refractivity contribution >= 4 is 0 Å². The number of fused-ring (bicyclic) bond motifs is 1. The van der Waals surface area contributed by atoms with Crippen LogP contribution in [0.25, 0.3) is 0 Å². The average molecular weight is 245 g/mol. The zero-order valence-corrected chi connectivity index (χ0v) is 11.9. The van der Waals surface area contributed by atoms with E-state index in [1.165, 1.54) is 44.9 Å². The molecule has 1 aliphatic rings. The summed E-state index contributed by atoms with van der Waals surface area (Å²) in [6.07, 6.45) is 9.01. The van der Waals surface area contributed by atoms with Gasteiger partial charge in [-0.15, -0.1) is 0 Å². The average Bonchev–Trinajstić information content (AvgIpc) is 2.39. The highest BCUT2D eigenvalue weighted by atomic mass is 14.9. The highest BCUT2D eigenvalue weighted by Gasteiger charge is 2.20. The van der Waals surface area contributed by atoms with Crippen molar-refractivity contribution in [3.05, 3.63) is 35.4 Å². The molecular weight excluding hydrogens is 218 g/mol. The minimum Gasteiger partial charge on any atom is -0.311 e. The Morgan fingerprint density at radius 3 is 2.44 bits per heavy atom. The second kappa shape index (κ2) is 6.94. The van der Waals surface area contributed by atoms with E-state index in [1.54, 1.807) is 11.1 Å². The van der Waals surface area contributed by atoms with Crippen molar-refractivity contribution in [2.24, 2.45) is 0 Å². The van der Waals surface area contributed by atoms with Crippen LogP contribution >= 0.6 is 0 Å². The fourth-order valence-electron chi connectivity index (χ4n) is 3.18. The van der Waals surface area contributed by atoms with Gasteiger partial charge in [0.25, 0.3) is 0 Å². The van der Waals surface area contributed by atoms with Gasteiger partial charge in [-0.3, -0.25) is 0 Å². The molecule has 0 aromatic heterocycles. The van der Waals surface area contributed by atoms with E-state index < -0.39 is 0 Å². The predicted molar refractivity (Wildman–Crippen MR) is 79.0 cm³/mol. The maximum Gasteiger partial charge on any atom is 0.0113 e. The van der Waals surface area contributed by atoms with Gasteiger partial charge in [0.1, 0.15) is 0 Å². The van der Waals surface area contributed by atoms with Crippen molar-refractivity contribution < 1.29 is 0 Å². The van der Waals surface area contributed by atoms with E-state index in [0.29, 0.717) is 6.04 Å². The summed E-state index contributed by atoms with van der Waals surface area (Å²) in [7, 11) is 0. The van der Waals surface area contributed by atoms with Crippen LogP contribution in [0.3, 0.4) is 0 Å². The summed E-state index contributed by atoms with van der Waals surface area (Å²) in [5.41, 5.74) is 3.13. The van der Waals surface area contributed by atoms with Gasteiger partial charge in [-0.2, -0.15) is 0 Å². The Kier molecular flexibility index (Phi) is 5.25. The van der Waals surface area contributed by atoms with E-state index in [2.05, 4.69) is 43.4 Å². The van der Waals surface area contributed by atoms with Crippen molar-refractivity contribution in [2.75, 3.05) is 0 Å². The van der Waals surface area contributed by atoms with Crippen molar-refractivity contribution in [3.63, 3.8) is 0 Å². The molecule has 18 heavy (non-hydrogen) atoms. The van der Waals surface area contributed by atoms with Crippen LogP contribution in [0.1, 0.15) is 57.1 Å². The number of hydrogen-bond donors (Lipinski definition) is 1. The van der Waals surface area contributed by atoms with Gasteiger partial charge >= 0.3 is 0 Å². The molecule has 0 fully saturated rings. The zero-order chi connectivity index (χ0) is 12.8. The topological polar surface area (TPSA) is 12.0 Å². The molecule has 0 bridgehead atoms. The fraction of sp³-hybridized carbons (Fsp3) is 0.647. The molecule has 1 aromatic carbocycles. The number of aryl methyl sites for hydroxylation is 1. The molecule has 0 amide bonds. The Morgan fingerprint density at radius 1 is 1.11 bits per heavy atom. The summed E-state index contributed by atoms with van der Waals surface area (Å²) in [5.74, 6) is 0. The van der Waals surface area contributed by atoms with Gasteiger partial charge in [0.2, 0.25) is 0 Å². The first-order chi connectivity index (χ1) is 8.83. The van der Waals surface area contributed by atoms with E-state index in [-0.39, 0.29) is 0 Å². The summed E-state index contributed by atoms with van der Waals surface area (Å²) < 4.78 is 0. The third-order valence-corrected chi connectivity index (χ3v) is 4.09. The first-order valence-electron chi connectivity index (χ1n) is 7.66. The van der Waals surface area contributed by atoms with Crippen LogP contribution in [-0.2, 0) is 12.8 Å². The maximum absolute atomic E-state index is 3.90. The SMILES string of the molecule is CCCC(CCC)NC1CCc2ccccc2C1. The van der Waals surface area contributed by atoms with Crippen molar-refractivity contribution in [1.82, 2.24) is 5.32 Å². The molecule has 0 saturated carbocycles. The van der Waals surface area contributed by atoms with Gasteiger partial charge < -0.3 is 5.32 Å². The van der Waals surface area contributed by atoms with Crippen molar-refractivity contribution in [3.8, 4) is 0 Å². The molecule has 0 saturated heterocycles. The van der Waals surface area contributed by atoms with Crippen LogP contribution in [0.5, 0.6) is 0 Å². The first-order valence-corrected chi connectivity index (χ1v) is 7.66. The van der Waals surface area contributed by atoms with Crippen LogP contribution < -0.4 is 5.32 Å². The molecule has 0 spiro atoms. The lowest BCUT2D eigenvalue weighted by Gasteiger charge is -2.30. The van der Waals surface area contributed by atoms with Gasteiger partial charge in [0.15, 0.2) is 0 Å². The second-order valence-corrected chi connectivity index (χ2v) is 5.65. The lowest BCUT2D eigenvalue weighted by molar-refractivity contribution is 0.359. The number of hydrogen-bond acceptors (Lipinski definition) is 1. The summed E-state index contributed by atoms with van der Waals surface area (Å²) in [5, 5.41) is 3.90. The van der Waals surface area contributed by atoms with Gasteiger partial charge in [0.05, 0.1) is 0 Å². The molecule has 0 radical (unpaired) electrons. The molecule has 1 nitrogen and oxygen atoms in total. The van der Waals surface area contributed by atoms with Gasteiger partial charge in [-0.1, -0.05) is 51.0 Å². The van der Waals surface area contributed by atoms with Crippen LogP contribution in [0.4, 0.5) is 0 Å². The molecular formula is C17H27N. The summed E-state index contributed by atoms with van der Waals surface area (Å²) in [6, 6.07) is 10.4. The first kappa shape index (κ1) is 13.6. The number of benzene rings is 1. The zero-order valence-electron chi connectivity index (χ0n) is 11.9. The Balaban J connectivity index is 1.91. The Morgan fingerprint density at radius 2 is 1.78 bits per heavy atom. The highest BCUT2D eigenvalue weighted by molar-refractivity contribution is 5.30. The van der Waals surface area contributed by atoms with Crippen LogP contribution in [-0.4, -0.2) is 12.1 Å². The minimum atomic E-state index is 0.697. The van der Waals surface area contributed by atoms with Crippen molar-refractivity contribution in [1.29, 1.82) is 0 Å². The summed E-state index contributed by atoms with van der Waals surface area (Å²) in [6.45, 7) is 4.58. The van der Waals surface area contributed by atoms with Gasteiger partial charge in [-0.05, 0) is 43.2 Å². The third kappa shape index (κ3) is 3.58. The minimum absolute atomic E-state index is 0.697. The van der Waals surface area contributed by atoms with E-state index >= 15 is 0 Å². The fourth-order valence-corrected chi connectivity index (χ4v) is 3.18. The van der Waals surface area contributed by atoms with E-state index in [9.17, 15) is 0 Å². The quantitative estimate of drug-likeness (QED) is 0.795. The number of rotatable bonds is 6. The van der Waals surface area contributed by atoms with Crippen LogP contribution in [0.2, 0.25) is 0 Å². The highest BCUT2D eigenvalue weighted by Crippen LogP contribution is 2.22. The molecule has 1 atom stereocenters. The molecule has 1 N–H and O–H groups in total. The van der Waals surface area contributed by atoms with Gasteiger partial charge in [-0.25, -0.2) is 0 Å². The van der Waals surface area contributed by atoms with Crippen LogP contribution in [0, 0.1) is 0 Å². The molecule has 0 aliphatic heterocycles. The molecule has 1 heteroatoms. The molecule has 100 valence electrons. The lowest BCUT2D eigenvalue weighted by atomic mass is 9.87. The van der Waals surface area contributed by atoms with Crippen LogP contribution in [0.15, 0.2) is 24.3 Å². The molecule has 1 aromatic rings. The monoisotopic (exact) mass is 245 g/mol. The number of nitrogens with one attached hydrogen (secondary N) is 1. The second-order valence-electron chi connectivity index (χ2n) is 5.65. The smallest absolute Gasteiger partial charge is 0.0113 e. The third-order valence-electron chi connectivity index (χ3n) is 4.09. The Labute approximate surface area is 112 Å². The molecule has 2 rings (SSSR count). The summed E-state index contributed by atoms with van der Waals surface area (Å²) >= 11 is 0. The summed E-state index contributed by atoms with van der Waals surface area (Å²) in [4.78, 5) is 0.